The Hall–Kier alpha value is -2.27. The van der Waals surface area contributed by atoms with E-state index in [1.165, 1.54) is 4.31 Å². The van der Waals surface area contributed by atoms with Crippen molar-refractivity contribution in [3.63, 3.8) is 0 Å². The highest BCUT2D eigenvalue weighted by Gasteiger charge is 2.23. The van der Waals surface area contributed by atoms with E-state index < -0.39 is 10.0 Å². The number of pyridine rings is 1. The van der Waals surface area contributed by atoms with E-state index in [2.05, 4.69) is 16.5 Å². The van der Waals surface area contributed by atoms with Crippen LogP contribution in [0.2, 0.25) is 0 Å². The van der Waals surface area contributed by atoms with Crippen LogP contribution in [0, 0.1) is 0 Å². The lowest BCUT2D eigenvalue weighted by Crippen LogP contribution is -2.30. The van der Waals surface area contributed by atoms with Gasteiger partial charge in [-0.2, -0.15) is 4.31 Å². The van der Waals surface area contributed by atoms with E-state index in [-0.39, 0.29) is 4.90 Å². The number of fused-ring (bicyclic) bond motifs is 1. The molecule has 4 rings (SSSR count). The van der Waals surface area contributed by atoms with Gasteiger partial charge in [0, 0.05) is 37.0 Å². The number of hydrogen-bond donors (Lipinski definition) is 0. The summed E-state index contributed by atoms with van der Waals surface area (Å²) in [7, 11) is -3.52. The van der Waals surface area contributed by atoms with E-state index >= 15 is 0 Å². The van der Waals surface area contributed by atoms with Gasteiger partial charge in [-0.15, -0.1) is 11.3 Å². The lowest BCUT2D eigenvalue weighted by Gasteiger charge is -2.18. The van der Waals surface area contributed by atoms with Crippen molar-refractivity contribution in [1.29, 1.82) is 0 Å². The Balaban J connectivity index is 1.59. The zero-order valence-electron chi connectivity index (χ0n) is 18.2. The summed E-state index contributed by atoms with van der Waals surface area (Å²) in [6.07, 6.45) is 1.77. The Morgan fingerprint density at radius 2 is 1.91 bits per heavy atom. The minimum Gasteiger partial charge on any atom is -0.319 e. The molecule has 3 aromatic heterocycles. The first-order valence-corrected chi connectivity index (χ1v) is 13.8. The standard InChI is InChI=1S/C22H25N5O2S3/c1-4-26(5-2)32(28,29)17-10-11-20-19(13-17)25-22(27(20)6-3)31-15-16-14-30-21(24-16)18-9-7-8-12-23-18/h7-14H,4-6,15H2,1-3H3. The molecule has 1 aromatic carbocycles. The van der Waals surface area contributed by atoms with Gasteiger partial charge in [-0.25, -0.2) is 18.4 Å². The SMILES string of the molecule is CCN(CC)S(=O)(=O)c1ccc2c(c1)nc(SCc1csc(-c3ccccn3)n1)n2CC. The third-order valence-corrected chi connectivity index (χ3v) is 9.10. The molecule has 0 aliphatic carbocycles. The number of nitrogens with zero attached hydrogens (tertiary/aromatic N) is 5. The second kappa shape index (κ2) is 9.70. The molecule has 0 saturated carbocycles. The van der Waals surface area contributed by atoms with Crippen molar-refractivity contribution >= 4 is 44.2 Å². The fourth-order valence-electron chi connectivity index (χ4n) is 3.50. The van der Waals surface area contributed by atoms with E-state index in [9.17, 15) is 8.42 Å². The second-order valence-corrected chi connectivity index (χ2v) is 10.8. The number of rotatable bonds is 9. The van der Waals surface area contributed by atoms with E-state index in [4.69, 9.17) is 9.97 Å². The van der Waals surface area contributed by atoms with Gasteiger partial charge in [-0.05, 0) is 37.3 Å². The smallest absolute Gasteiger partial charge is 0.243 e. The molecule has 0 bridgehead atoms. The van der Waals surface area contributed by atoms with E-state index in [0.29, 0.717) is 24.4 Å². The summed E-state index contributed by atoms with van der Waals surface area (Å²) in [5.74, 6) is 0.678. The number of benzene rings is 1. The fraction of sp³-hybridized carbons (Fsp3) is 0.318. The molecule has 3 heterocycles. The van der Waals surface area contributed by atoms with Gasteiger partial charge in [-0.1, -0.05) is 31.7 Å². The summed E-state index contributed by atoms with van der Waals surface area (Å²) in [4.78, 5) is 14.1. The molecule has 0 amide bonds. The Bertz CT molecular complexity index is 1310. The van der Waals surface area contributed by atoms with Gasteiger partial charge in [0.1, 0.15) is 5.01 Å². The van der Waals surface area contributed by atoms with Crippen LogP contribution < -0.4 is 0 Å². The molecular formula is C22H25N5O2S3. The van der Waals surface area contributed by atoms with Crippen LogP contribution in [0.4, 0.5) is 0 Å². The molecule has 0 aliphatic heterocycles. The molecule has 0 saturated heterocycles. The van der Waals surface area contributed by atoms with Crippen LogP contribution in [0.5, 0.6) is 0 Å². The molecule has 32 heavy (non-hydrogen) atoms. The average molecular weight is 488 g/mol. The van der Waals surface area contributed by atoms with Crippen LogP contribution >= 0.6 is 23.1 Å². The number of sulfonamides is 1. The number of aromatic nitrogens is 4. The topological polar surface area (TPSA) is 81.0 Å². The normalized spacial score (nSPS) is 12.1. The van der Waals surface area contributed by atoms with Gasteiger partial charge in [0.2, 0.25) is 10.0 Å². The monoisotopic (exact) mass is 487 g/mol. The summed E-state index contributed by atoms with van der Waals surface area (Å²) < 4.78 is 29.4. The maximum Gasteiger partial charge on any atom is 0.243 e. The highest BCUT2D eigenvalue weighted by atomic mass is 32.2. The molecule has 168 valence electrons. The van der Waals surface area contributed by atoms with Crippen molar-refractivity contribution in [3.8, 4) is 10.7 Å². The zero-order chi connectivity index (χ0) is 22.7. The lowest BCUT2D eigenvalue weighted by atomic mass is 10.3. The summed E-state index contributed by atoms with van der Waals surface area (Å²) in [5, 5.41) is 3.80. The van der Waals surface area contributed by atoms with Gasteiger partial charge >= 0.3 is 0 Å². The minimum atomic E-state index is -3.52. The Morgan fingerprint density at radius 3 is 2.59 bits per heavy atom. The predicted octanol–water partition coefficient (Wildman–Crippen LogP) is 4.90. The zero-order valence-corrected chi connectivity index (χ0v) is 20.7. The van der Waals surface area contributed by atoms with Crippen molar-refractivity contribution in [2.75, 3.05) is 13.1 Å². The first-order valence-electron chi connectivity index (χ1n) is 10.5. The van der Waals surface area contributed by atoms with E-state index in [0.717, 1.165) is 33.6 Å². The molecule has 0 aliphatic rings. The molecule has 7 nitrogen and oxygen atoms in total. The Morgan fingerprint density at radius 1 is 1.09 bits per heavy atom. The molecule has 0 radical (unpaired) electrons. The van der Waals surface area contributed by atoms with Gasteiger partial charge in [0.05, 0.1) is 27.3 Å². The van der Waals surface area contributed by atoms with Gasteiger partial charge in [0.15, 0.2) is 5.16 Å². The third kappa shape index (κ3) is 4.45. The maximum atomic E-state index is 12.9. The quantitative estimate of drug-likeness (QED) is 0.313. The van der Waals surface area contributed by atoms with Crippen LogP contribution in [0.3, 0.4) is 0 Å². The van der Waals surface area contributed by atoms with Crippen molar-refractivity contribution < 1.29 is 8.42 Å². The van der Waals surface area contributed by atoms with Crippen LogP contribution in [0.25, 0.3) is 21.7 Å². The summed E-state index contributed by atoms with van der Waals surface area (Å²) >= 11 is 3.18. The van der Waals surface area contributed by atoms with Crippen molar-refractivity contribution in [1.82, 2.24) is 23.8 Å². The van der Waals surface area contributed by atoms with Gasteiger partial charge in [0.25, 0.3) is 0 Å². The number of thioether (sulfide) groups is 1. The van der Waals surface area contributed by atoms with Crippen molar-refractivity contribution in [3.05, 3.63) is 53.7 Å². The first kappa shape index (κ1) is 22.9. The summed E-state index contributed by atoms with van der Waals surface area (Å²) in [6, 6.07) is 11.0. The number of aryl methyl sites for hydroxylation is 1. The fourth-order valence-corrected chi connectivity index (χ4v) is 6.85. The van der Waals surface area contributed by atoms with Crippen molar-refractivity contribution in [2.45, 2.75) is 43.1 Å². The predicted molar refractivity (Wildman–Crippen MR) is 130 cm³/mol. The molecule has 4 aromatic rings. The van der Waals surface area contributed by atoms with Crippen molar-refractivity contribution in [2.24, 2.45) is 0 Å². The second-order valence-electron chi connectivity index (χ2n) is 7.03. The van der Waals surface area contributed by atoms with Gasteiger partial charge in [-0.3, -0.25) is 4.98 Å². The molecule has 0 N–H and O–H groups in total. The molecule has 0 spiro atoms. The highest BCUT2D eigenvalue weighted by molar-refractivity contribution is 7.98. The molecule has 0 atom stereocenters. The largest absolute Gasteiger partial charge is 0.319 e. The van der Waals surface area contributed by atoms with Crippen LogP contribution in [-0.2, 0) is 22.3 Å². The third-order valence-electron chi connectivity index (χ3n) is 5.13. The minimum absolute atomic E-state index is 0.283. The van der Waals surface area contributed by atoms with Crippen LogP contribution in [0.1, 0.15) is 26.5 Å². The summed E-state index contributed by atoms with van der Waals surface area (Å²) in [5.41, 5.74) is 3.47. The van der Waals surface area contributed by atoms with E-state index in [1.54, 1.807) is 41.4 Å². The maximum absolute atomic E-state index is 12.9. The van der Waals surface area contributed by atoms with E-state index in [1.807, 2.05) is 43.5 Å². The lowest BCUT2D eigenvalue weighted by molar-refractivity contribution is 0.445. The average Bonchev–Trinajstić information content (AvgIpc) is 3.42. The highest BCUT2D eigenvalue weighted by Crippen LogP contribution is 2.30. The molecule has 0 unspecified atom stereocenters. The van der Waals surface area contributed by atoms with Crippen LogP contribution in [0.15, 0.2) is 58.0 Å². The Kier molecular flexibility index (Phi) is 6.94. The van der Waals surface area contributed by atoms with Crippen LogP contribution in [-0.4, -0.2) is 45.3 Å². The number of imidazole rings is 1. The Labute approximate surface area is 196 Å². The first-order chi connectivity index (χ1) is 15.5. The molecular weight excluding hydrogens is 462 g/mol. The number of thiazole rings is 1. The van der Waals surface area contributed by atoms with Gasteiger partial charge < -0.3 is 4.57 Å². The molecule has 0 fully saturated rings. The number of hydrogen-bond acceptors (Lipinski definition) is 7. The molecule has 10 heteroatoms. The summed E-state index contributed by atoms with van der Waals surface area (Å²) in [6.45, 7) is 7.38.